The van der Waals surface area contributed by atoms with Crippen LogP contribution < -0.4 is 0 Å². The minimum absolute atomic E-state index is 0.568. The van der Waals surface area contributed by atoms with E-state index in [9.17, 15) is 0 Å². The van der Waals surface area contributed by atoms with Crippen LogP contribution in [0.25, 0.3) is 0 Å². The van der Waals surface area contributed by atoms with Gasteiger partial charge in [-0.2, -0.15) is 0 Å². The van der Waals surface area contributed by atoms with Gasteiger partial charge in [0, 0.05) is 14.2 Å². The van der Waals surface area contributed by atoms with Gasteiger partial charge in [0.25, 0.3) is 0 Å². The normalized spacial score (nSPS) is 8.18. The molecule has 1 aromatic carbocycles. The molecule has 0 bridgehead atoms. The van der Waals surface area contributed by atoms with Crippen molar-refractivity contribution in [3.8, 4) is 0 Å². The summed E-state index contributed by atoms with van der Waals surface area (Å²) in [7, 11) is 2.73. The lowest BCUT2D eigenvalue weighted by molar-refractivity contribution is 0.309. The van der Waals surface area contributed by atoms with Gasteiger partial charge in [-0.05, 0) is 0 Å². The third-order valence-electron chi connectivity index (χ3n) is 0.902. The Hall–Kier alpha value is -0.643. The maximum atomic E-state index is 4.61. The largest absolute Gasteiger partial charge is 0.402 e. The minimum atomic E-state index is -0.568. The average molecular weight is 170 g/mol. The summed E-state index contributed by atoms with van der Waals surface area (Å²) in [6, 6.07) is 12.0. The minimum Gasteiger partial charge on any atom is -0.402 e. The van der Waals surface area contributed by atoms with Crippen molar-refractivity contribution in [3.63, 3.8) is 0 Å². The second kappa shape index (κ2) is 9.36. The molecule has 0 N–H and O–H groups in total. The summed E-state index contributed by atoms with van der Waals surface area (Å²) in [6.07, 6.45) is 0. The molecule has 11 heavy (non-hydrogen) atoms. The van der Waals surface area contributed by atoms with Crippen LogP contribution in [0.5, 0.6) is 0 Å². The van der Waals surface area contributed by atoms with Gasteiger partial charge in [0.05, 0.1) is 0 Å². The van der Waals surface area contributed by atoms with Crippen LogP contribution in [0.4, 0.5) is 0 Å². The summed E-state index contributed by atoms with van der Waals surface area (Å²) in [5.74, 6) is 0. The number of rotatable bonds is 2. The number of hydrogen-bond donors (Lipinski definition) is 0. The van der Waals surface area contributed by atoms with E-state index in [1.165, 1.54) is 0 Å². The van der Waals surface area contributed by atoms with Gasteiger partial charge in [0.15, 0.2) is 0 Å². The molecule has 0 unspecified atom stereocenters. The van der Waals surface area contributed by atoms with Crippen LogP contribution in [0.15, 0.2) is 36.4 Å². The van der Waals surface area contributed by atoms with Gasteiger partial charge in [0.1, 0.15) is 0 Å². The Morgan fingerprint density at radius 3 is 1.09 bits per heavy atom. The Morgan fingerprint density at radius 2 is 1.00 bits per heavy atom. The molecule has 1 aromatic rings. The molecular weight excluding hydrogens is 156 g/mol. The first-order valence-electron chi connectivity index (χ1n) is 3.39. The van der Waals surface area contributed by atoms with Crippen molar-refractivity contribution in [2.75, 3.05) is 14.2 Å². The molecule has 0 radical (unpaired) electrons. The first-order valence-corrected chi connectivity index (χ1v) is 4.55. The van der Waals surface area contributed by atoms with Gasteiger partial charge >= 0.3 is 10.0 Å². The summed E-state index contributed by atoms with van der Waals surface area (Å²) < 4.78 is 9.22. The molecule has 0 amide bonds. The Bertz CT molecular complexity index is 115. The van der Waals surface area contributed by atoms with Crippen molar-refractivity contribution in [2.24, 2.45) is 0 Å². The second-order valence-corrected chi connectivity index (χ2v) is 3.24. The molecule has 0 saturated carbocycles. The zero-order valence-corrected chi connectivity index (χ0v) is 8.40. The predicted octanol–water partition coefficient (Wildman–Crippen LogP) is 0.965. The van der Waals surface area contributed by atoms with Crippen molar-refractivity contribution in [1.82, 2.24) is 0 Å². The zero-order valence-electron chi connectivity index (χ0n) is 6.99. The van der Waals surface area contributed by atoms with Crippen molar-refractivity contribution >= 4 is 10.0 Å². The second-order valence-electron chi connectivity index (χ2n) is 1.85. The SMILES string of the molecule is CO[SiH2]OC.c1ccccc1. The van der Waals surface area contributed by atoms with Crippen molar-refractivity contribution < 1.29 is 8.85 Å². The topological polar surface area (TPSA) is 18.5 Å². The third kappa shape index (κ3) is 9.36. The fraction of sp³-hybridized carbons (Fsp3) is 0.250. The molecule has 0 aliphatic heterocycles. The molecule has 0 spiro atoms. The van der Waals surface area contributed by atoms with Crippen LogP contribution in [-0.4, -0.2) is 24.2 Å². The van der Waals surface area contributed by atoms with Crippen LogP contribution in [0.1, 0.15) is 0 Å². The Labute approximate surface area is 70.2 Å². The summed E-state index contributed by atoms with van der Waals surface area (Å²) in [5.41, 5.74) is 0. The third-order valence-corrected chi connectivity index (χ3v) is 1.37. The van der Waals surface area contributed by atoms with Crippen LogP contribution in [0.2, 0.25) is 0 Å². The lowest BCUT2D eigenvalue weighted by atomic mass is 10.4. The molecule has 3 heteroatoms. The maximum Gasteiger partial charge on any atom is 0.303 e. The number of benzene rings is 1. The molecule has 0 heterocycles. The zero-order chi connectivity index (χ0) is 8.36. The van der Waals surface area contributed by atoms with Gasteiger partial charge in [-0.3, -0.25) is 0 Å². The van der Waals surface area contributed by atoms with E-state index < -0.39 is 10.0 Å². The van der Waals surface area contributed by atoms with Crippen molar-refractivity contribution in [2.45, 2.75) is 0 Å². The van der Waals surface area contributed by atoms with Crippen LogP contribution in [0.3, 0.4) is 0 Å². The highest BCUT2D eigenvalue weighted by Gasteiger charge is 1.67. The van der Waals surface area contributed by atoms with E-state index in [4.69, 9.17) is 0 Å². The molecule has 0 aliphatic rings. The Kier molecular flexibility index (Phi) is 8.81. The smallest absolute Gasteiger partial charge is 0.303 e. The molecule has 0 aliphatic carbocycles. The molecule has 0 atom stereocenters. The molecule has 1 rings (SSSR count). The van der Waals surface area contributed by atoms with Gasteiger partial charge in [0.2, 0.25) is 0 Å². The molecule has 0 fully saturated rings. The van der Waals surface area contributed by atoms with Gasteiger partial charge in [-0.1, -0.05) is 36.4 Å². The van der Waals surface area contributed by atoms with E-state index in [0.29, 0.717) is 0 Å². The van der Waals surface area contributed by atoms with Crippen LogP contribution in [-0.2, 0) is 8.85 Å². The van der Waals surface area contributed by atoms with Crippen LogP contribution >= 0.6 is 0 Å². The molecule has 0 saturated heterocycles. The molecule has 62 valence electrons. The molecule has 0 aromatic heterocycles. The van der Waals surface area contributed by atoms with Gasteiger partial charge in [-0.15, -0.1) is 0 Å². The fourth-order valence-electron chi connectivity index (χ4n) is 0.503. The standard InChI is InChI=1S/C6H6.C2H8O2Si/c1-2-4-6-5-3-1;1-3-5-4-2/h1-6H;5H2,1-2H3. The van der Waals surface area contributed by atoms with E-state index in [-0.39, 0.29) is 0 Å². The number of hydrogen-bond acceptors (Lipinski definition) is 2. The van der Waals surface area contributed by atoms with E-state index >= 15 is 0 Å². The lowest BCUT2D eigenvalue weighted by Crippen LogP contribution is -1.93. The quantitative estimate of drug-likeness (QED) is 0.616. The van der Waals surface area contributed by atoms with E-state index in [1.807, 2.05) is 36.4 Å². The lowest BCUT2D eigenvalue weighted by Gasteiger charge is -1.86. The Morgan fingerprint density at radius 1 is 0.727 bits per heavy atom. The fourth-order valence-corrected chi connectivity index (χ4v) is 0.738. The highest BCUT2D eigenvalue weighted by Crippen LogP contribution is 1.79. The summed E-state index contributed by atoms with van der Waals surface area (Å²) in [4.78, 5) is 0. The predicted molar refractivity (Wildman–Crippen MR) is 49.0 cm³/mol. The highest BCUT2D eigenvalue weighted by atomic mass is 28.3. The van der Waals surface area contributed by atoms with Gasteiger partial charge in [-0.25, -0.2) is 0 Å². The first-order chi connectivity index (χ1) is 5.41. The summed E-state index contributed by atoms with van der Waals surface area (Å²) >= 11 is 0. The first kappa shape index (κ1) is 10.4. The van der Waals surface area contributed by atoms with Crippen molar-refractivity contribution in [1.29, 1.82) is 0 Å². The van der Waals surface area contributed by atoms with E-state index in [2.05, 4.69) is 8.85 Å². The van der Waals surface area contributed by atoms with E-state index in [0.717, 1.165) is 0 Å². The summed E-state index contributed by atoms with van der Waals surface area (Å²) in [6.45, 7) is 0. The molecule has 2 nitrogen and oxygen atoms in total. The molecular formula is C8H14O2Si. The summed E-state index contributed by atoms with van der Waals surface area (Å²) in [5, 5.41) is 0. The monoisotopic (exact) mass is 170 g/mol. The van der Waals surface area contributed by atoms with E-state index in [1.54, 1.807) is 14.2 Å². The average Bonchev–Trinajstić information content (AvgIpc) is 2.10. The van der Waals surface area contributed by atoms with Crippen LogP contribution in [0, 0.1) is 0 Å². The van der Waals surface area contributed by atoms with Gasteiger partial charge < -0.3 is 8.85 Å². The Balaban J connectivity index is 0.000000187. The van der Waals surface area contributed by atoms with Crippen molar-refractivity contribution in [3.05, 3.63) is 36.4 Å². The maximum absolute atomic E-state index is 4.61. The highest BCUT2D eigenvalue weighted by molar-refractivity contribution is 6.17.